The van der Waals surface area contributed by atoms with Gasteiger partial charge in [0, 0.05) is 19.9 Å². The minimum atomic E-state index is -0.323. The second kappa shape index (κ2) is 11.6. The second-order valence-corrected chi connectivity index (χ2v) is 6.87. The lowest BCUT2D eigenvalue weighted by Crippen LogP contribution is -3.12. The fourth-order valence-corrected chi connectivity index (χ4v) is 3.24. The van der Waals surface area contributed by atoms with Crippen molar-refractivity contribution in [3.63, 3.8) is 0 Å². The molecule has 0 amide bonds. The summed E-state index contributed by atoms with van der Waals surface area (Å²) in [4.78, 5) is 1.32. The van der Waals surface area contributed by atoms with Crippen molar-refractivity contribution in [2.24, 2.45) is 0 Å². The van der Waals surface area contributed by atoms with E-state index in [1.54, 1.807) is 14.2 Å². The number of methoxy groups -OCH3 is 2. The van der Waals surface area contributed by atoms with Crippen molar-refractivity contribution in [1.82, 2.24) is 4.57 Å². The third kappa shape index (κ3) is 7.21. The molecule has 148 valence electrons. The molecule has 0 bridgehead atoms. The van der Waals surface area contributed by atoms with E-state index >= 15 is 0 Å². The van der Waals surface area contributed by atoms with Crippen molar-refractivity contribution in [1.29, 1.82) is 0 Å². The molecule has 1 unspecified atom stereocenters. The molecule has 2 atom stereocenters. The summed E-state index contributed by atoms with van der Waals surface area (Å²) < 4.78 is 12.9. The molecule has 0 saturated heterocycles. The zero-order valence-corrected chi connectivity index (χ0v) is 16.6. The molecule has 0 aliphatic rings. The van der Waals surface area contributed by atoms with Crippen LogP contribution in [0, 0.1) is 0 Å². The molecule has 27 heavy (non-hydrogen) atoms. The van der Waals surface area contributed by atoms with Crippen LogP contribution in [0.3, 0.4) is 0 Å². The van der Waals surface area contributed by atoms with Crippen LogP contribution in [0.5, 0.6) is 5.75 Å². The zero-order valence-electron chi connectivity index (χ0n) is 16.6. The summed E-state index contributed by atoms with van der Waals surface area (Å²) >= 11 is 0. The summed E-state index contributed by atoms with van der Waals surface area (Å²) in [5, 5.41) is 10.3. The normalized spacial score (nSPS) is 13.3. The number of hydrogen-bond donors (Lipinski definition) is 2. The SMILES string of the molecule is C=CCC[C@H](O)C[NH+](CCOC)Cc1cccn1Cc1cccc(OC)c1. The van der Waals surface area contributed by atoms with Gasteiger partial charge in [-0.25, -0.2) is 0 Å². The van der Waals surface area contributed by atoms with E-state index in [1.165, 1.54) is 16.2 Å². The van der Waals surface area contributed by atoms with Crippen molar-refractivity contribution < 1.29 is 19.5 Å². The smallest absolute Gasteiger partial charge is 0.119 e. The largest absolute Gasteiger partial charge is 0.497 e. The summed E-state index contributed by atoms with van der Waals surface area (Å²) in [6, 6.07) is 12.4. The van der Waals surface area contributed by atoms with Crippen LogP contribution in [-0.4, -0.2) is 49.7 Å². The average molecular weight is 374 g/mol. The number of rotatable bonds is 13. The van der Waals surface area contributed by atoms with Crippen LogP contribution in [-0.2, 0) is 17.8 Å². The molecule has 1 heterocycles. The first kappa shape index (κ1) is 21.2. The highest BCUT2D eigenvalue weighted by molar-refractivity contribution is 5.29. The molecule has 0 aliphatic heterocycles. The highest BCUT2D eigenvalue weighted by Crippen LogP contribution is 2.14. The Hall–Kier alpha value is -2.08. The summed E-state index contributed by atoms with van der Waals surface area (Å²) in [6.45, 7) is 7.65. The predicted molar refractivity (Wildman–Crippen MR) is 108 cm³/mol. The molecule has 0 fully saturated rings. The molecule has 5 nitrogen and oxygen atoms in total. The molecular weight excluding hydrogens is 340 g/mol. The number of nitrogens with one attached hydrogen (secondary N) is 1. The number of nitrogens with zero attached hydrogens (tertiary/aromatic N) is 1. The topological polar surface area (TPSA) is 48.1 Å². The fraction of sp³-hybridized carbons (Fsp3) is 0.455. The molecule has 2 rings (SSSR count). The Balaban J connectivity index is 2.04. The van der Waals surface area contributed by atoms with Gasteiger partial charge >= 0.3 is 0 Å². The van der Waals surface area contributed by atoms with E-state index in [1.807, 2.05) is 18.2 Å². The van der Waals surface area contributed by atoms with Crippen LogP contribution < -0.4 is 9.64 Å². The summed E-state index contributed by atoms with van der Waals surface area (Å²) in [6.07, 6.45) is 5.24. The van der Waals surface area contributed by atoms with Crippen molar-refractivity contribution in [3.8, 4) is 5.75 Å². The quantitative estimate of drug-likeness (QED) is 0.527. The molecule has 5 heteroatoms. The monoisotopic (exact) mass is 373 g/mol. The number of ether oxygens (including phenoxy) is 2. The van der Waals surface area contributed by atoms with Gasteiger partial charge in [0.15, 0.2) is 0 Å². The third-order valence-electron chi connectivity index (χ3n) is 4.73. The van der Waals surface area contributed by atoms with Gasteiger partial charge in [-0.3, -0.25) is 0 Å². The number of aliphatic hydroxyl groups excluding tert-OH is 1. The van der Waals surface area contributed by atoms with E-state index < -0.39 is 0 Å². The number of allylic oxidation sites excluding steroid dienone is 1. The maximum atomic E-state index is 10.3. The van der Waals surface area contributed by atoms with E-state index in [-0.39, 0.29) is 6.10 Å². The Bertz CT molecular complexity index is 684. The van der Waals surface area contributed by atoms with E-state index in [0.29, 0.717) is 13.2 Å². The van der Waals surface area contributed by atoms with Crippen LogP contribution in [0.15, 0.2) is 55.3 Å². The number of aromatic nitrogens is 1. The van der Waals surface area contributed by atoms with Crippen molar-refractivity contribution in [3.05, 3.63) is 66.5 Å². The molecule has 1 aromatic heterocycles. The van der Waals surface area contributed by atoms with Gasteiger partial charge in [-0.05, 0) is 42.7 Å². The van der Waals surface area contributed by atoms with E-state index in [4.69, 9.17) is 9.47 Å². The van der Waals surface area contributed by atoms with Crippen LogP contribution in [0.4, 0.5) is 0 Å². The van der Waals surface area contributed by atoms with Crippen LogP contribution >= 0.6 is 0 Å². The average Bonchev–Trinajstić information content (AvgIpc) is 3.11. The lowest BCUT2D eigenvalue weighted by atomic mass is 10.2. The van der Waals surface area contributed by atoms with Crippen LogP contribution in [0.25, 0.3) is 0 Å². The Kier molecular flexibility index (Phi) is 9.11. The Morgan fingerprint density at radius 3 is 2.85 bits per heavy atom. The summed E-state index contributed by atoms with van der Waals surface area (Å²) in [5.41, 5.74) is 2.45. The molecule has 2 aromatic rings. The van der Waals surface area contributed by atoms with Crippen molar-refractivity contribution in [2.75, 3.05) is 33.9 Å². The highest BCUT2D eigenvalue weighted by atomic mass is 16.5. The second-order valence-electron chi connectivity index (χ2n) is 6.87. The summed E-state index contributed by atoms with van der Waals surface area (Å²) in [7, 11) is 3.41. The van der Waals surface area contributed by atoms with Gasteiger partial charge in [0.05, 0.1) is 19.4 Å². The van der Waals surface area contributed by atoms with Gasteiger partial charge < -0.3 is 24.0 Å². The minimum absolute atomic E-state index is 0.323. The van der Waals surface area contributed by atoms with Crippen molar-refractivity contribution in [2.45, 2.75) is 32.0 Å². The van der Waals surface area contributed by atoms with E-state index in [9.17, 15) is 5.11 Å². The maximum absolute atomic E-state index is 10.3. The number of benzene rings is 1. The molecule has 1 aromatic carbocycles. The van der Waals surface area contributed by atoms with Gasteiger partial charge in [-0.15, -0.1) is 6.58 Å². The molecule has 0 spiro atoms. The Morgan fingerprint density at radius 2 is 2.11 bits per heavy atom. The zero-order chi connectivity index (χ0) is 19.5. The molecule has 0 aliphatic carbocycles. The first-order valence-electron chi connectivity index (χ1n) is 9.54. The molecule has 0 radical (unpaired) electrons. The standard InChI is InChI=1S/C22H32N2O3/c1-4-5-10-21(25)18-23(13-14-26-2)17-20-9-7-12-24(20)16-19-8-6-11-22(15-19)27-3/h4,6-9,11-12,15,21,25H,1,5,10,13-14,16-18H2,2-3H3/p+1/t21-/m0/s1. The fourth-order valence-electron chi connectivity index (χ4n) is 3.24. The van der Waals surface area contributed by atoms with Crippen LogP contribution in [0.2, 0.25) is 0 Å². The lowest BCUT2D eigenvalue weighted by Gasteiger charge is -2.23. The summed E-state index contributed by atoms with van der Waals surface area (Å²) in [5.74, 6) is 0.874. The van der Waals surface area contributed by atoms with Crippen molar-refractivity contribution >= 4 is 0 Å². The first-order chi connectivity index (χ1) is 13.2. The van der Waals surface area contributed by atoms with E-state index in [2.05, 4.69) is 41.6 Å². The number of hydrogen-bond acceptors (Lipinski definition) is 3. The third-order valence-corrected chi connectivity index (χ3v) is 4.73. The number of quaternary nitrogens is 1. The van der Waals surface area contributed by atoms with Gasteiger partial charge in [0.25, 0.3) is 0 Å². The van der Waals surface area contributed by atoms with Gasteiger partial charge in [-0.1, -0.05) is 18.2 Å². The van der Waals surface area contributed by atoms with Gasteiger partial charge in [0.1, 0.15) is 31.5 Å². The lowest BCUT2D eigenvalue weighted by molar-refractivity contribution is -0.917. The Morgan fingerprint density at radius 1 is 1.26 bits per heavy atom. The molecule has 0 saturated carbocycles. The Labute approximate surface area is 162 Å². The maximum Gasteiger partial charge on any atom is 0.119 e. The van der Waals surface area contributed by atoms with Gasteiger partial charge in [0.2, 0.25) is 0 Å². The van der Waals surface area contributed by atoms with Crippen LogP contribution in [0.1, 0.15) is 24.1 Å². The van der Waals surface area contributed by atoms with Gasteiger partial charge in [-0.2, -0.15) is 0 Å². The predicted octanol–water partition coefficient (Wildman–Crippen LogP) is 1.90. The molecule has 2 N–H and O–H groups in total. The minimum Gasteiger partial charge on any atom is -0.497 e. The highest BCUT2D eigenvalue weighted by Gasteiger charge is 2.17. The number of aliphatic hydroxyl groups is 1. The van der Waals surface area contributed by atoms with E-state index in [0.717, 1.165) is 38.2 Å². The first-order valence-corrected chi connectivity index (χ1v) is 9.54. The molecular formula is C22H33N2O3+.